The van der Waals surface area contributed by atoms with E-state index in [-0.39, 0.29) is 10.8 Å². The van der Waals surface area contributed by atoms with Crippen LogP contribution in [0.4, 0.5) is 0 Å². The molecule has 0 aliphatic rings. The van der Waals surface area contributed by atoms with Crippen LogP contribution in [0.15, 0.2) is 83.3 Å². The first-order chi connectivity index (χ1) is 18.9. The first-order valence-corrected chi connectivity index (χ1v) is 14.4. The van der Waals surface area contributed by atoms with E-state index in [1.54, 1.807) is 0 Å². The molecular weight excluding hydrogens is 486 g/mol. The van der Waals surface area contributed by atoms with Crippen molar-refractivity contribution in [3.63, 3.8) is 0 Å². The van der Waals surface area contributed by atoms with Crippen molar-refractivity contribution in [3.05, 3.63) is 101 Å². The molecule has 0 bridgehead atoms. The number of para-hydroxylation sites is 1. The highest BCUT2D eigenvalue weighted by molar-refractivity contribution is 6.10. The number of furan rings is 1. The first kappa shape index (κ1) is 26.3. The van der Waals surface area contributed by atoms with Crippen molar-refractivity contribution in [2.45, 2.75) is 67.2 Å². The molecule has 2 heteroatoms. The number of fused-ring (bicyclic) bond motifs is 4. The summed E-state index contributed by atoms with van der Waals surface area (Å²) >= 11 is 0. The van der Waals surface area contributed by atoms with E-state index in [1.165, 1.54) is 38.6 Å². The Kier molecular flexibility index (Phi) is 6.14. The standard InChI is InChI=1S/C38H39NO/c1-23-17-25(22-37(3,4)5)18-24(2)34(23)33-21-30-35(39-32-16-12-11-15-29(32)36(30)40-33)27-19-26-13-9-10-14-28(26)31(20-27)38(6,7)8/h9-21H,22H2,1-8H3. The number of pyridine rings is 1. The van der Waals surface area contributed by atoms with Crippen LogP contribution in [-0.2, 0) is 11.8 Å². The molecule has 0 saturated heterocycles. The number of nitrogens with zero attached hydrogens (tertiary/aromatic N) is 1. The lowest BCUT2D eigenvalue weighted by molar-refractivity contribution is 0.411. The second kappa shape index (κ2) is 9.34. The van der Waals surface area contributed by atoms with Crippen molar-refractivity contribution in [1.29, 1.82) is 0 Å². The van der Waals surface area contributed by atoms with Crippen molar-refractivity contribution in [2.75, 3.05) is 0 Å². The Labute approximate surface area is 238 Å². The summed E-state index contributed by atoms with van der Waals surface area (Å²) in [6.07, 6.45) is 1.05. The third-order valence-electron chi connectivity index (χ3n) is 7.88. The maximum absolute atomic E-state index is 6.78. The molecule has 6 aromatic rings. The molecular formula is C38H39NO. The summed E-state index contributed by atoms with van der Waals surface area (Å²) < 4.78 is 6.78. The van der Waals surface area contributed by atoms with Gasteiger partial charge in [-0.15, -0.1) is 0 Å². The molecule has 0 spiro atoms. The molecule has 0 aliphatic heterocycles. The molecule has 40 heavy (non-hydrogen) atoms. The van der Waals surface area contributed by atoms with Gasteiger partial charge in [0.25, 0.3) is 0 Å². The minimum atomic E-state index is -0.00381. The van der Waals surface area contributed by atoms with Crippen molar-refractivity contribution < 1.29 is 4.42 Å². The number of hydrogen-bond donors (Lipinski definition) is 0. The van der Waals surface area contributed by atoms with E-state index in [4.69, 9.17) is 9.40 Å². The van der Waals surface area contributed by atoms with Crippen LogP contribution in [0.3, 0.4) is 0 Å². The SMILES string of the molecule is Cc1cc(CC(C)(C)C)cc(C)c1-c1cc2c(-c3cc(C(C)(C)C)c4ccccc4c3)nc3ccccc3c2o1. The Balaban J connectivity index is 1.62. The fourth-order valence-electron chi connectivity index (χ4n) is 6.28. The van der Waals surface area contributed by atoms with Crippen molar-refractivity contribution >= 4 is 32.6 Å². The Hall–Kier alpha value is -3.91. The lowest BCUT2D eigenvalue weighted by atomic mass is 9.82. The van der Waals surface area contributed by atoms with Crippen LogP contribution in [0.25, 0.3) is 55.2 Å². The van der Waals surface area contributed by atoms with Gasteiger partial charge in [-0.25, -0.2) is 4.98 Å². The van der Waals surface area contributed by atoms with E-state index < -0.39 is 0 Å². The van der Waals surface area contributed by atoms with Gasteiger partial charge < -0.3 is 4.42 Å². The fourth-order valence-corrected chi connectivity index (χ4v) is 6.28. The molecule has 202 valence electrons. The fraction of sp³-hybridized carbons (Fsp3) is 0.289. The molecule has 4 aromatic carbocycles. The van der Waals surface area contributed by atoms with Gasteiger partial charge in [0.1, 0.15) is 11.3 Å². The average Bonchev–Trinajstić information content (AvgIpc) is 3.30. The van der Waals surface area contributed by atoms with Gasteiger partial charge in [0.05, 0.1) is 11.2 Å². The monoisotopic (exact) mass is 525 g/mol. The molecule has 0 atom stereocenters. The lowest BCUT2D eigenvalue weighted by Gasteiger charge is -2.23. The van der Waals surface area contributed by atoms with Crippen LogP contribution < -0.4 is 0 Å². The summed E-state index contributed by atoms with van der Waals surface area (Å²) in [4.78, 5) is 5.25. The summed E-state index contributed by atoms with van der Waals surface area (Å²) in [5.74, 6) is 0.906. The minimum absolute atomic E-state index is 0.00381. The molecule has 2 heterocycles. The third-order valence-corrected chi connectivity index (χ3v) is 7.88. The predicted octanol–water partition coefficient (Wildman–Crippen LogP) is 11.0. The smallest absolute Gasteiger partial charge is 0.146 e. The highest BCUT2D eigenvalue weighted by Gasteiger charge is 2.23. The highest BCUT2D eigenvalue weighted by atomic mass is 16.3. The average molecular weight is 526 g/mol. The van der Waals surface area contributed by atoms with Crippen molar-refractivity contribution in [2.24, 2.45) is 5.41 Å². The minimum Gasteiger partial charge on any atom is -0.455 e. The molecule has 2 aromatic heterocycles. The zero-order chi connectivity index (χ0) is 28.4. The molecule has 0 aliphatic carbocycles. The molecule has 0 N–H and O–H groups in total. The molecule has 0 fully saturated rings. The molecule has 0 saturated carbocycles. The van der Waals surface area contributed by atoms with Crippen LogP contribution in [0.1, 0.15) is 63.8 Å². The summed E-state index contributed by atoms with van der Waals surface area (Å²) in [7, 11) is 0. The topological polar surface area (TPSA) is 26.0 Å². The maximum Gasteiger partial charge on any atom is 0.146 e. The largest absolute Gasteiger partial charge is 0.455 e. The highest BCUT2D eigenvalue weighted by Crippen LogP contribution is 2.42. The Morgan fingerprint density at radius 1 is 0.700 bits per heavy atom. The van der Waals surface area contributed by atoms with Gasteiger partial charge in [0, 0.05) is 21.9 Å². The summed E-state index contributed by atoms with van der Waals surface area (Å²) in [6, 6.07) is 28.5. The quantitative estimate of drug-likeness (QED) is 0.230. The van der Waals surface area contributed by atoms with Crippen LogP contribution in [-0.4, -0.2) is 4.98 Å². The zero-order valence-corrected chi connectivity index (χ0v) is 25.1. The normalized spacial score (nSPS) is 12.6. The summed E-state index contributed by atoms with van der Waals surface area (Å²) in [5.41, 5.74) is 10.6. The molecule has 0 unspecified atom stereocenters. The van der Waals surface area contributed by atoms with Gasteiger partial charge in [0.15, 0.2) is 0 Å². The number of aromatic nitrogens is 1. The van der Waals surface area contributed by atoms with Crippen molar-refractivity contribution in [3.8, 4) is 22.6 Å². The number of benzene rings is 4. The molecule has 2 nitrogen and oxygen atoms in total. The van der Waals surface area contributed by atoms with Gasteiger partial charge in [-0.3, -0.25) is 0 Å². The van der Waals surface area contributed by atoms with Crippen LogP contribution >= 0.6 is 0 Å². The van der Waals surface area contributed by atoms with Gasteiger partial charge >= 0.3 is 0 Å². The van der Waals surface area contributed by atoms with E-state index in [1.807, 2.05) is 0 Å². The zero-order valence-electron chi connectivity index (χ0n) is 25.1. The Morgan fingerprint density at radius 3 is 2.02 bits per heavy atom. The van der Waals surface area contributed by atoms with Crippen molar-refractivity contribution in [1.82, 2.24) is 4.98 Å². The van der Waals surface area contributed by atoms with Crippen LogP contribution in [0, 0.1) is 19.3 Å². The van der Waals surface area contributed by atoms with Crippen LogP contribution in [0.5, 0.6) is 0 Å². The summed E-state index contributed by atoms with van der Waals surface area (Å²) in [5, 5.41) is 4.63. The predicted molar refractivity (Wildman–Crippen MR) is 171 cm³/mol. The van der Waals surface area contributed by atoms with E-state index >= 15 is 0 Å². The Bertz CT molecular complexity index is 1880. The van der Waals surface area contributed by atoms with E-state index in [2.05, 4.69) is 134 Å². The second-order valence-corrected chi connectivity index (χ2v) is 13.7. The maximum atomic E-state index is 6.78. The number of hydrogen-bond acceptors (Lipinski definition) is 2. The summed E-state index contributed by atoms with van der Waals surface area (Å²) in [6.45, 7) is 18.1. The van der Waals surface area contributed by atoms with Crippen LogP contribution in [0.2, 0.25) is 0 Å². The van der Waals surface area contributed by atoms with Gasteiger partial charge in [-0.1, -0.05) is 90.1 Å². The third kappa shape index (κ3) is 4.70. The number of aryl methyl sites for hydroxylation is 2. The van der Waals surface area contributed by atoms with E-state index in [9.17, 15) is 0 Å². The van der Waals surface area contributed by atoms with Gasteiger partial charge in [0.2, 0.25) is 0 Å². The van der Waals surface area contributed by atoms with E-state index in [0.29, 0.717) is 0 Å². The molecule has 0 radical (unpaired) electrons. The molecule has 0 amide bonds. The van der Waals surface area contributed by atoms with E-state index in [0.717, 1.165) is 45.3 Å². The molecule has 6 rings (SSSR count). The van der Waals surface area contributed by atoms with Gasteiger partial charge in [-0.2, -0.15) is 0 Å². The Morgan fingerprint density at radius 2 is 1.35 bits per heavy atom. The lowest BCUT2D eigenvalue weighted by Crippen LogP contribution is -2.12. The second-order valence-electron chi connectivity index (χ2n) is 13.7. The van der Waals surface area contributed by atoms with Gasteiger partial charge in [-0.05, 0) is 94.5 Å². The number of rotatable bonds is 3. The first-order valence-electron chi connectivity index (χ1n) is 14.4.